The predicted molar refractivity (Wildman–Crippen MR) is 79.5 cm³/mol. The second-order valence-corrected chi connectivity index (χ2v) is 5.93. The summed E-state index contributed by atoms with van der Waals surface area (Å²) < 4.78 is 20.2. The smallest absolute Gasteiger partial charge is 0.253 e. The molecular weight excluding hydrogens is 327 g/mol. The van der Waals surface area contributed by atoms with Crippen LogP contribution in [0.5, 0.6) is 0 Å². The van der Waals surface area contributed by atoms with Crippen molar-refractivity contribution < 1.29 is 13.9 Å². The highest BCUT2D eigenvalue weighted by molar-refractivity contribution is 9.10. The Morgan fingerprint density at radius 2 is 2.30 bits per heavy atom. The molecular formula is C14H18BrFN2O2. The number of nitrogens with zero attached hydrogens (tertiary/aromatic N) is 1. The summed E-state index contributed by atoms with van der Waals surface area (Å²) >= 11 is 3.24. The average molecular weight is 345 g/mol. The fourth-order valence-corrected chi connectivity index (χ4v) is 2.88. The SMILES string of the molecule is CN(CC1CCCCO1)c1cc(Br)cc(F)c1C(N)=O. The number of hydrogen-bond acceptors (Lipinski definition) is 3. The molecule has 0 bridgehead atoms. The number of amides is 1. The molecule has 1 aromatic carbocycles. The molecule has 110 valence electrons. The Morgan fingerprint density at radius 1 is 1.55 bits per heavy atom. The Labute approximate surface area is 126 Å². The zero-order valence-electron chi connectivity index (χ0n) is 11.4. The lowest BCUT2D eigenvalue weighted by Gasteiger charge is -2.29. The normalized spacial score (nSPS) is 18.9. The lowest BCUT2D eigenvalue weighted by Crippen LogP contribution is -2.34. The highest BCUT2D eigenvalue weighted by Gasteiger charge is 2.21. The van der Waals surface area contributed by atoms with Crippen molar-refractivity contribution in [1.82, 2.24) is 0 Å². The van der Waals surface area contributed by atoms with E-state index in [9.17, 15) is 9.18 Å². The van der Waals surface area contributed by atoms with Crippen LogP contribution in [0.2, 0.25) is 0 Å². The third kappa shape index (κ3) is 3.49. The highest BCUT2D eigenvalue weighted by Crippen LogP contribution is 2.28. The van der Waals surface area contributed by atoms with Crippen LogP contribution in [0.3, 0.4) is 0 Å². The van der Waals surface area contributed by atoms with E-state index >= 15 is 0 Å². The second-order valence-electron chi connectivity index (χ2n) is 5.02. The number of nitrogens with two attached hydrogens (primary N) is 1. The van der Waals surface area contributed by atoms with Gasteiger partial charge in [0.1, 0.15) is 5.82 Å². The van der Waals surface area contributed by atoms with Crippen molar-refractivity contribution in [2.75, 3.05) is 25.1 Å². The summed E-state index contributed by atoms with van der Waals surface area (Å²) in [4.78, 5) is 13.3. The monoisotopic (exact) mass is 344 g/mol. The van der Waals surface area contributed by atoms with Crippen LogP contribution in [0.25, 0.3) is 0 Å². The van der Waals surface area contributed by atoms with Gasteiger partial charge in [-0.05, 0) is 31.4 Å². The van der Waals surface area contributed by atoms with Crippen LogP contribution in [0.4, 0.5) is 10.1 Å². The van der Waals surface area contributed by atoms with Crippen LogP contribution in [-0.4, -0.2) is 32.2 Å². The van der Waals surface area contributed by atoms with E-state index in [2.05, 4.69) is 15.9 Å². The Kier molecular flexibility index (Phi) is 4.99. The number of carbonyl (C=O) groups is 1. The van der Waals surface area contributed by atoms with E-state index in [1.807, 2.05) is 11.9 Å². The summed E-state index contributed by atoms with van der Waals surface area (Å²) in [7, 11) is 1.81. The molecule has 0 aromatic heterocycles. The zero-order valence-corrected chi connectivity index (χ0v) is 13.0. The Balaban J connectivity index is 2.23. The number of ether oxygens (including phenoxy) is 1. The number of anilines is 1. The second kappa shape index (κ2) is 6.54. The molecule has 1 fully saturated rings. The van der Waals surface area contributed by atoms with Gasteiger partial charge in [0, 0.05) is 24.7 Å². The molecule has 1 unspecified atom stereocenters. The number of primary amides is 1. The Bertz CT molecular complexity index is 504. The maximum atomic E-state index is 13.9. The first kappa shape index (κ1) is 15.3. The summed E-state index contributed by atoms with van der Waals surface area (Å²) in [6, 6.07) is 2.94. The van der Waals surface area contributed by atoms with E-state index in [0.29, 0.717) is 16.7 Å². The molecule has 2 N–H and O–H groups in total. The van der Waals surface area contributed by atoms with Gasteiger partial charge in [-0.25, -0.2) is 4.39 Å². The van der Waals surface area contributed by atoms with Crippen LogP contribution >= 0.6 is 15.9 Å². The van der Waals surface area contributed by atoms with Gasteiger partial charge in [-0.2, -0.15) is 0 Å². The van der Waals surface area contributed by atoms with Crippen molar-refractivity contribution >= 4 is 27.5 Å². The quantitative estimate of drug-likeness (QED) is 0.913. The number of benzene rings is 1. The first-order valence-electron chi connectivity index (χ1n) is 6.60. The largest absolute Gasteiger partial charge is 0.376 e. The number of carbonyl (C=O) groups excluding carboxylic acids is 1. The molecule has 1 amide bonds. The van der Waals surface area contributed by atoms with Gasteiger partial charge in [-0.3, -0.25) is 4.79 Å². The number of hydrogen-bond donors (Lipinski definition) is 1. The molecule has 1 aliphatic rings. The maximum absolute atomic E-state index is 13.9. The van der Waals surface area contributed by atoms with Gasteiger partial charge >= 0.3 is 0 Å². The predicted octanol–water partition coefficient (Wildman–Crippen LogP) is 2.69. The molecule has 20 heavy (non-hydrogen) atoms. The summed E-state index contributed by atoms with van der Waals surface area (Å²) in [6.07, 6.45) is 3.30. The zero-order chi connectivity index (χ0) is 14.7. The van der Waals surface area contributed by atoms with Crippen LogP contribution in [-0.2, 0) is 4.74 Å². The molecule has 0 saturated carbocycles. The molecule has 1 aliphatic heterocycles. The van der Waals surface area contributed by atoms with Gasteiger partial charge in [0.15, 0.2) is 0 Å². The van der Waals surface area contributed by atoms with Crippen LogP contribution in [0.15, 0.2) is 16.6 Å². The molecule has 1 atom stereocenters. The summed E-state index contributed by atoms with van der Waals surface area (Å²) in [5.74, 6) is -1.38. The van der Waals surface area contributed by atoms with Gasteiger partial charge in [0.2, 0.25) is 0 Å². The Morgan fingerprint density at radius 3 is 2.90 bits per heavy atom. The van der Waals surface area contributed by atoms with Gasteiger partial charge in [-0.15, -0.1) is 0 Å². The van der Waals surface area contributed by atoms with E-state index in [1.165, 1.54) is 6.07 Å². The van der Waals surface area contributed by atoms with Crippen LogP contribution in [0, 0.1) is 5.82 Å². The van der Waals surface area contributed by atoms with E-state index < -0.39 is 11.7 Å². The average Bonchev–Trinajstić information content (AvgIpc) is 2.38. The van der Waals surface area contributed by atoms with E-state index in [-0.39, 0.29) is 11.7 Å². The van der Waals surface area contributed by atoms with Crippen LogP contribution < -0.4 is 10.6 Å². The molecule has 4 nitrogen and oxygen atoms in total. The summed E-state index contributed by atoms with van der Waals surface area (Å²) in [5.41, 5.74) is 5.69. The third-order valence-corrected chi connectivity index (χ3v) is 3.90. The van der Waals surface area contributed by atoms with Crippen molar-refractivity contribution in [2.45, 2.75) is 25.4 Å². The minimum absolute atomic E-state index is 0.0773. The molecule has 0 aliphatic carbocycles. The van der Waals surface area contributed by atoms with E-state index in [4.69, 9.17) is 10.5 Å². The first-order chi connectivity index (χ1) is 9.49. The standard InChI is InChI=1S/C14H18BrFN2O2/c1-18(8-10-4-2-3-5-20-10)12-7-9(15)6-11(16)13(12)14(17)19/h6-7,10H,2-5,8H2,1H3,(H2,17,19). The highest BCUT2D eigenvalue weighted by atomic mass is 79.9. The van der Waals surface area contributed by atoms with Crippen molar-refractivity contribution in [1.29, 1.82) is 0 Å². The number of halogens is 2. The van der Waals surface area contributed by atoms with Crippen molar-refractivity contribution in [2.24, 2.45) is 5.73 Å². The third-order valence-electron chi connectivity index (χ3n) is 3.44. The lowest BCUT2D eigenvalue weighted by molar-refractivity contribution is 0.0216. The minimum atomic E-state index is -0.763. The minimum Gasteiger partial charge on any atom is -0.376 e. The fourth-order valence-electron chi connectivity index (χ4n) is 2.46. The molecule has 1 saturated heterocycles. The topological polar surface area (TPSA) is 55.6 Å². The molecule has 0 radical (unpaired) electrons. The van der Waals surface area contributed by atoms with Crippen molar-refractivity contribution in [3.8, 4) is 0 Å². The summed E-state index contributed by atoms with van der Waals surface area (Å²) in [5, 5.41) is 0. The van der Waals surface area contributed by atoms with Gasteiger partial charge in [-0.1, -0.05) is 15.9 Å². The van der Waals surface area contributed by atoms with Gasteiger partial charge < -0.3 is 15.4 Å². The molecule has 6 heteroatoms. The molecule has 1 heterocycles. The molecule has 2 rings (SSSR count). The lowest BCUT2D eigenvalue weighted by atomic mass is 10.1. The van der Waals surface area contributed by atoms with E-state index in [0.717, 1.165) is 25.9 Å². The van der Waals surface area contributed by atoms with Crippen molar-refractivity contribution in [3.63, 3.8) is 0 Å². The first-order valence-corrected chi connectivity index (χ1v) is 7.40. The van der Waals surface area contributed by atoms with Gasteiger partial charge in [0.05, 0.1) is 17.4 Å². The molecule has 1 aromatic rings. The fraction of sp³-hybridized carbons (Fsp3) is 0.500. The Hall–Kier alpha value is -1.14. The maximum Gasteiger partial charge on any atom is 0.253 e. The van der Waals surface area contributed by atoms with Crippen molar-refractivity contribution in [3.05, 3.63) is 28.0 Å². The molecule has 0 spiro atoms. The van der Waals surface area contributed by atoms with E-state index in [1.54, 1.807) is 6.07 Å². The van der Waals surface area contributed by atoms with Crippen LogP contribution in [0.1, 0.15) is 29.6 Å². The summed E-state index contributed by atoms with van der Waals surface area (Å²) in [6.45, 7) is 1.37. The number of likely N-dealkylation sites (N-methyl/N-ethyl adjacent to an activating group) is 1. The van der Waals surface area contributed by atoms with Gasteiger partial charge in [0.25, 0.3) is 5.91 Å². The number of rotatable bonds is 4.